The Kier molecular flexibility index (Phi) is 5.96. The fraction of sp³-hybridized carbons (Fsp3) is 0.238. The fourth-order valence-electron chi connectivity index (χ4n) is 2.89. The SMILES string of the molecule is CCC.COc1cc2c(-c3cccc(Br)c3)nc3[nH]ncc3c2cc1OC. The molecule has 4 rings (SSSR count). The number of nitrogens with one attached hydrogen (secondary N) is 1. The maximum absolute atomic E-state index is 5.47. The molecule has 2 heterocycles. The van der Waals surface area contributed by atoms with Crippen LogP contribution in [0.25, 0.3) is 33.1 Å². The summed E-state index contributed by atoms with van der Waals surface area (Å²) in [7, 11) is 3.26. The van der Waals surface area contributed by atoms with Crippen LogP contribution in [0, 0.1) is 0 Å². The lowest BCUT2D eigenvalue weighted by Crippen LogP contribution is -1.94. The Morgan fingerprint density at radius 2 is 1.63 bits per heavy atom. The number of fused-ring (bicyclic) bond motifs is 3. The third-order valence-electron chi connectivity index (χ3n) is 4.01. The smallest absolute Gasteiger partial charge is 0.161 e. The quantitative estimate of drug-likeness (QED) is 0.437. The summed E-state index contributed by atoms with van der Waals surface area (Å²) in [5, 5.41) is 10.0. The number of rotatable bonds is 3. The van der Waals surface area contributed by atoms with Gasteiger partial charge in [0.15, 0.2) is 17.1 Å². The number of aromatic nitrogens is 3. The molecule has 27 heavy (non-hydrogen) atoms. The van der Waals surface area contributed by atoms with Crippen molar-refractivity contribution in [2.24, 2.45) is 0 Å². The van der Waals surface area contributed by atoms with Gasteiger partial charge in [-0.3, -0.25) is 5.10 Å². The van der Waals surface area contributed by atoms with Crippen LogP contribution >= 0.6 is 15.9 Å². The third-order valence-corrected chi connectivity index (χ3v) is 4.50. The number of hydrogen-bond acceptors (Lipinski definition) is 4. The van der Waals surface area contributed by atoms with Crippen molar-refractivity contribution in [3.05, 3.63) is 47.1 Å². The Hall–Kier alpha value is -2.60. The summed E-state index contributed by atoms with van der Waals surface area (Å²) >= 11 is 3.52. The second kappa shape index (κ2) is 8.39. The van der Waals surface area contributed by atoms with E-state index in [-0.39, 0.29) is 0 Å². The first kappa shape index (κ1) is 19.2. The Morgan fingerprint density at radius 3 is 2.26 bits per heavy atom. The molecule has 5 nitrogen and oxygen atoms in total. The van der Waals surface area contributed by atoms with Crippen LogP contribution in [0.15, 0.2) is 47.1 Å². The van der Waals surface area contributed by atoms with Crippen LogP contribution in [-0.4, -0.2) is 29.4 Å². The summed E-state index contributed by atoms with van der Waals surface area (Å²) in [6.45, 7) is 4.25. The van der Waals surface area contributed by atoms with Gasteiger partial charge in [0.1, 0.15) is 0 Å². The van der Waals surface area contributed by atoms with E-state index < -0.39 is 0 Å². The molecule has 0 bridgehead atoms. The highest BCUT2D eigenvalue weighted by molar-refractivity contribution is 9.10. The molecule has 0 saturated heterocycles. The number of hydrogen-bond donors (Lipinski definition) is 1. The van der Waals surface area contributed by atoms with Crippen molar-refractivity contribution in [1.29, 1.82) is 0 Å². The summed E-state index contributed by atoms with van der Waals surface area (Å²) < 4.78 is 11.9. The minimum Gasteiger partial charge on any atom is -0.493 e. The van der Waals surface area contributed by atoms with Gasteiger partial charge < -0.3 is 9.47 Å². The monoisotopic (exact) mass is 427 g/mol. The van der Waals surface area contributed by atoms with E-state index in [4.69, 9.17) is 14.5 Å². The molecule has 0 atom stereocenters. The van der Waals surface area contributed by atoms with Crippen molar-refractivity contribution >= 4 is 37.7 Å². The molecule has 0 aliphatic carbocycles. The number of halogens is 1. The van der Waals surface area contributed by atoms with E-state index in [1.807, 2.05) is 36.4 Å². The highest BCUT2D eigenvalue weighted by Crippen LogP contribution is 2.39. The largest absolute Gasteiger partial charge is 0.493 e. The molecule has 0 spiro atoms. The molecule has 0 radical (unpaired) electrons. The average Bonchev–Trinajstić information content (AvgIpc) is 3.15. The zero-order chi connectivity index (χ0) is 19.4. The first-order valence-corrected chi connectivity index (χ1v) is 9.56. The normalized spacial score (nSPS) is 10.6. The number of H-pyrrole nitrogens is 1. The van der Waals surface area contributed by atoms with Gasteiger partial charge in [0.25, 0.3) is 0 Å². The summed E-state index contributed by atoms with van der Waals surface area (Å²) in [6.07, 6.45) is 3.03. The maximum atomic E-state index is 5.47. The molecular weight excluding hydrogens is 406 g/mol. The first-order valence-electron chi connectivity index (χ1n) is 8.77. The van der Waals surface area contributed by atoms with Gasteiger partial charge in [-0.25, -0.2) is 4.98 Å². The average molecular weight is 428 g/mol. The lowest BCUT2D eigenvalue weighted by Gasteiger charge is -2.12. The summed E-state index contributed by atoms with van der Waals surface area (Å²) in [5.74, 6) is 1.35. The standard InChI is InChI=1S/C18H14BrN3O2.C3H8/c1-23-15-7-12-13(8-16(15)24-2)17(10-4-3-5-11(19)6-10)21-18-14(12)9-20-22-18;1-3-2/h3-9H,1-2H3,(H,20,21,22);3H2,1-2H3. The van der Waals surface area contributed by atoms with Gasteiger partial charge in [-0.05, 0) is 24.3 Å². The molecule has 0 aliphatic rings. The Labute approximate surface area is 166 Å². The van der Waals surface area contributed by atoms with Gasteiger partial charge in [0.2, 0.25) is 0 Å². The fourth-order valence-corrected chi connectivity index (χ4v) is 3.29. The minimum atomic E-state index is 0.672. The summed E-state index contributed by atoms with van der Waals surface area (Å²) in [6, 6.07) is 12.0. The van der Waals surface area contributed by atoms with Gasteiger partial charge in [-0.15, -0.1) is 0 Å². The summed E-state index contributed by atoms with van der Waals surface area (Å²) in [5.41, 5.74) is 2.62. The number of aromatic amines is 1. The van der Waals surface area contributed by atoms with Crippen molar-refractivity contribution < 1.29 is 9.47 Å². The highest BCUT2D eigenvalue weighted by Gasteiger charge is 2.15. The second-order valence-corrected chi connectivity index (χ2v) is 6.98. The van der Waals surface area contributed by atoms with E-state index in [0.717, 1.165) is 37.5 Å². The van der Waals surface area contributed by atoms with Crippen LogP contribution in [0.1, 0.15) is 20.3 Å². The molecule has 140 valence electrons. The maximum Gasteiger partial charge on any atom is 0.161 e. The predicted molar refractivity (Wildman–Crippen MR) is 114 cm³/mol. The second-order valence-electron chi connectivity index (χ2n) is 6.06. The molecule has 2 aromatic heterocycles. The molecular formula is C21H22BrN3O2. The van der Waals surface area contributed by atoms with Crippen molar-refractivity contribution in [2.75, 3.05) is 14.2 Å². The molecule has 0 aliphatic heterocycles. The van der Waals surface area contributed by atoms with Crippen LogP contribution in [0.5, 0.6) is 11.5 Å². The van der Waals surface area contributed by atoms with E-state index >= 15 is 0 Å². The highest BCUT2D eigenvalue weighted by atomic mass is 79.9. The topological polar surface area (TPSA) is 60.0 Å². The Balaban J connectivity index is 0.000000659. The summed E-state index contributed by atoms with van der Waals surface area (Å²) in [4.78, 5) is 4.77. The van der Waals surface area contributed by atoms with E-state index in [1.54, 1.807) is 20.4 Å². The number of nitrogens with zero attached hydrogens (tertiary/aromatic N) is 2. The minimum absolute atomic E-state index is 0.672. The number of pyridine rings is 1. The molecule has 2 aromatic carbocycles. The van der Waals surface area contributed by atoms with Gasteiger partial charge >= 0.3 is 0 Å². The molecule has 1 N–H and O–H groups in total. The number of benzene rings is 2. The van der Waals surface area contributed by atoms with Crippen LogP contribution in [0.3, 0.4) is 0 Å². The van der Waals surface area contributed by atoms with Crippen LogP contribution in [0.4, 0.5) is 0 Å². The van der Waals surface area contributed by atoms with Crippen LogP contribution in [0.2, 0.25) is 0 Å². The molecule has 6 heteroatoms. The van der Waals surface area contributed by atoms with Crippen molar-refractivity contribution in [2.45, 2.75) is 20.3 Å². The van der Waals surface area contributed by atoms with E-state index in [1.165, 1.54) is 6.42 Å². The number of ether oxygens (including phenoxy) is 2. The lowest BCUT2D eigenvalue weighted by atomic mass is 10.0. The van der Waals surface area contributed by atoms with Gasteiger partial charge in [0, 0.05) is 26.2 Å². The van der Waals surface area contributed by atoms with Crippen LogP contribution < -0.4 is 9.47 Å². The molecule has 0 amide bonds. The zero-order valence-corrected chi connectivity index (χ0v) is 17.4. The van der Waals surface area contributed by atoms with E-state index in [0.29, 0.717) is 11.5 Å². The predicted octanol–water partition coefficient (Wildman–Crippen LogP) is 5.97. The van der Waals surface area contributed by atoms with Crippen molar-refractivity contribution in [3.63, 3.8) is 0 Å². The van der Waals surface area contributed by atoms with Crippen LogP contribution in [-0.2, 0) is 0 Å². The molecule has 0 saturated carbocycles. The van der Waals surface area contributed by atoms with Crippen molar-refractivity contribution in [1.82, 2.24) is 15.2 Å². The third kappa shape index (κ3) is 3.76. The Morgan fingerprint density at radius 1 is 0.963 bits per heavy atom. The van der Waals surface area contributed by atoms with E-state index in [9.17, 15) is 0 Å². The molecule has 0 unspecified atom stereocenters. The molecule has 4 aromatic rings. The van der Waals surface area contributed by atoms with Gasteiger partial charge in [-0.2, -0.15) is 5.10 Å². The van der Waals surface area contributed by atoms with Gasteiger partial charge in [-0.1, -0.05) is 48.3 Å². The van der Waals surface area contributed by atoms with Gasteiger partial charge in [0.05, 0.1) is 26.1 Å². The van der Waals surface area contributed by atoms with E-state index in [2.05, 4.69) is 40.0 Å². The van der Waals surface area contributed by atoms with Crippen molar-refractivity contribution in [3.8, 4) is 22.8 Å². The number of methoxy groups -OCH3 is 2. The molecule has 0 fully saturated rings. The zero-order valence-electron chi connectivity index (χ0n) is 15.8. The first-order chi connectivity index (χ1) is 13.1. The Bertz CT molecular complexity index is 1080. The lowest BCUT2D eigenvalue weighted by molar-refractivity contribution is 0.356.